The molecule has 0 aliphatic heterocycles. The van der Waals surface area contributed by atoms with Crippen molar-refractivity contribution in [1.29, 1.82) is 0 Å². The van der Waals surface area contributed by atoms with Crippen molar-refractivity contribution in [2.24, 2.45) is 0 Å². The first-order valence-electron chi connectivity index (χ1n) is 17.9. The van der Waals surface area contributed by atoms with Crippen LogP contribution in [0.25, 0.3) is 77.2 Å². The van der Waals surface area contributed by atoms with Gasteiger partial charge in [-0.1, -0.05) is 137 Å². The Balaban J connectivity index is 1.21. The van der Waals surface area contributed by atoms with E-state index in [0.29, 0.717) is 0 Å². The number of aromatic nitrogens is 2. The molecular formula is C49H29BrN2. The van der Waals surface area contributed by atoms with Crippen LogP contribution in [0.15, 0.2) is 180 Å². The average Bonchev–Trinajstić information content (AvgIpc) is 3.90. The molecule has 0 bridgehead atoms. The van der Waals surface area contributed by atoms with Gasteiger partial charge in [-0.05, 0) is 93.5 Å². The monoisotopic (exact) mass is 724 g/mol. The van der Waals surface area contributed by atoms with E-state index < -0.39 is 5.41 Å². The van der Waals surface area contributed by atoms with Crippen molar-refractivity contribution in [2.45, 2.75) is 5.41 Å². The number of benzene rings is 8. The Bertz CT molecular complexity index is 2890. The van der Waals surface area contributed by atoms with Gasteiger partial charge < -0.3 is 9.13 Å². The third kappa shape index (κ3) is 3.44. The first-order valence-corrected chi connectivity index (χ1v) is 18.7. The van der Waals surface area contributed by atoms with Crippen LogP contribution in [-0.4, -0.2) is 9.13 Å². The zero-order chi connectivity index (χ0) is 34.1. The highest BCUT2D eigenvalue weighted by Gasteiger charge is 2.52. The quantitative estimate of drug-likeness (QED) is 0.168. The Kier molecular flexibility index (Phi) is 5.61. The molecule has 12 rings (SSSR count). The van der Waals surface area contributed by atoms with Crippen molar-refractivity contribution in [3.05, 3.63) is 203 Å². The van der Waals surface area contributed by atoms with Gasteiger partial charge in [-0.25, -0.2) is 0 Å². The molecule has 8 aromatic carbocycles. The molecule has 2 aromatic heterocycles. The second-order valence-electron chi connectivity index (χ2n) is 14.2. The molecule has 2 heterocycles. The van der Waals surface area contributed by atoms with E-state index in [1.807, 2.05) is 0 Å². The molecular weight excluding hydrogens is 696 g/mol. The van der Waals surface area contributed by atoms with Crippen molar-refractivity contribution in [2.75, 3.05) is 0 Å². The van der Waals surface area contributed by atoms with Crippen molar-refractivity contribution < 1.29 is 0 Å². The Labute approximate surface area is 309 Å². The summed E-state index contributed by atoms with van der Waals surface area (Å²) in [5, 5.41) is 5.08. The first kappa shape index (κ1) is 28.5. The summed E-state index contributed by atoms with van der Waals surface area (Å²) in [6.07, 6.45) is 0. The Morgan fingerprint density at radius 3 is 1.27 bits per heavy atom. The fourth-order valence-corrected chi connectivity index (χ4v) is 10.4. The van der Waals surface area contributed by atoms with E-state index in [9.17, 15) is 0 Å². The molecule has 242 valence electrons. The predicted octanol–water partition coefficient (Wildman–Crippen LogP) is 13.0. The van der Waals surface area contributed by atoms with Gasteiger partial charge in [0.05, 0.1) is 27.5 Å². The summed E-state index contributed by atoms with van der Waals surface area (Å²) in [5.41, 5.74) is 17.2. The molecule has 2 nitrogen and oxygen atoms in total. The predicted molar refractivity (Wildman–Crippen MR) is 219 cm³/mol. The maximum atomic E-state index is 4.02. The Hall–Kier alpha value is -6.16. The number of halogens is 1. The number of hydrogen-bond acceptors (Lipinski definition) is 0. The maximum Gasteiger partial charge on any atom is 0.0727 e. The minimum absolute atomic E-state index is 0.510. The van der Waals surface area contributed by atoms with Gasteiger partial charge in [-0.2, -0.15) is 0 Å². The number of hydrogen-bond donors (Lipinski definition) is 0. The summed E-state index contributed by atoms with van der Waals surface area (Å²) >= 11 is 4.02. The lowest BCUT2D eigenvalue weighted by molar-refractivity contribution is 0.791. The zero-order valence-electron chi connectivity index (χ0n) is 28.0. The van der Waals surface area contributed by atoms with Gasteiger partial charge in [0.15, 0.2) is 0 Å². The van der Waals surface area contributed by atoms with Crippen molar-refractivity contribution in [1.82, 2.24) is 9.13 Å². The number of para-hydroxylation sites is 4. The van der Waals surface area contributed by atoms with Crippen LogP contribution in [0.4, 0.5) is 0 Å². The van der Waals surface area contributed by atoms with Crippen LogP contribution in [-0.2, 0) is 5.41 Å². The summed E-state index contributed by atoms with van der Waals surface area (Å²) in [6.45, 7) is 0. The topological polar surface area (TPSA) is 9.86 Å². The lowest BCUT2D eigenvalue weighted by Crippen LogP contribution is -2.26. The van der Waals surface area contributed by atoms with E-state index in [-0.39, 0.29) is 0 Å². The first-order chi connectivity index (χ1) is 25.7. The molecule has 0 unspecified atom stereocenters. The zero-order valence-corrected chi connectivity index (χ0v) is 29.6. The lowest BCUT2D eigenvalue weighted by Gasteiger charge is -2.31. The molecule has 2 aliphatic rings. The van der Waals surface area contributed by atoms with E-state index >= 15 is 0 Å². The minimum Gasteiger partial charge on any atom is -0.309 e. The third-order valence-electron chi connectivity index (χ3n) is 11.8. The van der Waals surface area contributed by atoms with Crippen molar-refractivity contribution in [3.8, 4) is 33.6 Å². The van der Waals surface area contributed by atoms with Gasteiger partial charge in [0.2, 0.25) is 0 Å². The average molecular weight is 726 g/mol. The van der Waals surface area contributed by atoms with Gasteiger partial charge >= 0.3 is 0 Å². The molecule has 52 heavy (non-hydrogen) atoms. The number of rotatable bonds is 2. The maximum absolute atomic E-state index is 4.02. The van der Waals surface area contributed by atoms with E-state index in [0.717, 1.165) is 4.47 Å². The van der Waals surface area contributed by atoms with E-state index in [2.05, 4.69) is 201 Å². The molecule has 0 radical (unpaired) electrons. The van der Waals surface area contributed by atoms with E-state index in [1.54, 1.807) is 0 Å². The molecule has 0 saturated heterocycles. The highest BCUT2D eigenvalue weighted by molar-refractivity contribution is 9.10. The molecule has 0 atom stereocenters. The standard InChI is InChI=1S/C49H29BrN2/c50-43-19-11-18-40-48(43)38-16-1-6-17-39(38)49(40)41-28-30(51-44-20-7-2-12-34(44)35-13-3-8-21-45(35)51)24-26-32(41)33-27-25-31(29-42(33)49)52-46-22-9-4-14-36(46)37-15-5-10-23-47(37)52/h1-29H. The fraction of sp³-hybridized carbons (Fsp3) is 0.0204. The summed E-state index contributed by atoms with van der Waals surface area (Å²) in [5.74, 6) is 0. The molecule has 10 aromatic rings. The van der Waals surface area contributed by atoms with Crippen LogP contribution in [0.2, 0.25) is 0 Å². The summed E-state index contributed by atoms with van der Waals surface area (Å²) in [7, 11) is 0. The second-order valence-corrected chi connectivity index (χ2v) is 15.0. The van der Waals surface area contributed by atoms with Crippen LogP contribution in [0.5, 0.6) is 0 Å². The number of nitrogens with zero attached hydrogens (tertiary/aromatic N) is 2. The smallest absolute Gasteiger partial charge is 0.0727 e. The minimum atomic E-state index is -0.510. The molecule has 0 fully saturated rings. The largest absolute Gasteiger partial charge is 0.309 e. The molecule has 0 N–H and O–H groups in total. The second kappa shape index (κ2) is 10.2. The SMILES string of the molecule is Brc1cccc2c1-c1ccccc1C21c2cc(-n3c4ccccc4c4ccccc43)ccc2-c2ccc(-n3c4ccccc4c4ccccc43)cc21. The Morgan fingerprint density at radius 2 is 0.769 bits per heavy atom. The van der Waals surface area contributed by atoms with Crippen LogP contribution in [0, 0.1) is 0 Å². The van der Waals surface area contributed by atoms with Crippen molar-refractivity contribution in [3.63, 3.8) is 0 Å². The fourth-order valence-electron chi connectivity index (χ4n) is 9.84. The highest BCUT2D eigenvalue weighted by Crippen LogP contribution is 2.64. The van der Waals surface area contributed by atoms with Crippen molar-refractivity contribution >= 4 is 59.5 Å². The van der Waals surface area contributed by atoms with Gasteiger partial charge in [0.25, 0.3) is 0 Å². The van der Waals surface area contributed by atoms with Crippen LogP contribution < -0.4 is 0 Å². The molecule has 0 amide bonds. The molecule has 2 aliphatic carbocycles. The lowest BCUT2D eigenvalue weighted by atomic mass is 9.70. The van der Waals surface area contributed by atoms with E-state index in [1.165, 1.54) is 99.5 Å². The molecule has 1 spiro atoms. The highest BCUT2D eigenvalue weighted by atomic mass is 79.9. The van der Waals surface area contributed by atoms with Gasteiger partial charge in [0, 0.05) is 43.0 Å². The summed E-state index contributed by atoms with van der Waals surface area (Å²) in [6, 6.07) is 65.4. The third-order valence-corrected chi connectivity index (χ3v) is 12.5. The summed E-state index contributed by atoms with van der Waals surface area (Å²) in [4.78, 5) is 0. The van der Waals surface area contributed by atoms with Crippen LogP contribution in [0.1, 0.15) is 22.3 Å². The molecule has 0 saturated carbocycles. The Morgan fingerprint density at radius 1 is 0.346 bits per heavy atom. The van der Waals surface area contributed by atoms with Gasteiger partial charge in [-0.3, -0.25) is 0 Å². The van der Waals surface area contributed by atoms with Crippen LogP contribution >= 0.6 is 15.9 Å². The van der Waals surface area contributed by atoms with Gasteiger partial charge in [0.1, 0.15) is 0 Å². The summed E-state index contributed by atoms with van der Waals surface area (Å²) < 4.78 is 6.03. The normalized spacial score (nSPS) is 13.6. The van der Waals surface area contributed by atoms with Crippen LogP contribution in [0.3, 0.4) is 0 Å². The van der Waals surface area contributed by atoms with E-state index in [4.69, 9.17) is 0 Å². The van der Waals surface area contributed by atoms with Gasteiger partial charge in [-0.15, -0.1) is 0 Å². The molecule has 3 heteroatoms. The number of fused-ring (bicyclic) bond motifs is 16.